The summed E-state index contributed by atoms with van der Waals surface area (Å²) in [6, 6.07) is 6.69. The Labute approximate surface area is 142 Å². The lowest BCUT2D eigenvalue weighted by molar-refractivity contribution is -0.139. The van der Waals surface area contributed by atoms with Crippen LogP contribution in [0.15, 0.2) is 22.7 Å². The van der Waals surface area contributed by atoms with E-state index in [0.29, 0.717) is 18.0 Å². The Bertz CT molecular complexity index is 520. The Kier molecular flexibility index (Phi) is 5.90. The van der Waals surface area contributed by atoms with Crippen molar-refractivity contribution in [2.24, 2.45) is 0 Å². The first-order valence-electron chi connectivity index (χ1n) is 8.13. The van der Waals surface area contributed by atoms with Crippen molar-refractivity contribution in [3.8, 4) is 5.75 Å². The number of hydrogen-bond donors (Lipinski definition) is 0. The molecule has 2 rings (SSSR count). The Balaban J connectivity index is 1.99. The van der Waals surface area contributed by atoms with Gasteiger partial charge < -0.3 is 9.64 Å². The number of benzene rings is 1. The maximum absolute atomic E-state index is 12.5. The molecule has 1 aromatic rings. The quantitative estimate of drug-likeness (QED) is 0.768. The van der Waals surface area contributed by atoms with Crippen molar-refractivity contribution in [2.45, 2.75) is 65.0 Å². The van der Waals surface area contributed by atoms with Crippen LogP contribution in [0.1, 0.15) is 58.4 Å². The van der Waals surface area contributed by atoms with E-state index < -0.39 is 0 Å². The number of amides is 1. The summed E-state index contributed by atoms with van der Waals surface area (Å²) in [6.45, 7) is 8.67. The molecule has 4 heteroatoms. The van der Waals surface area contributed by atoms with Crippen LogP contribution in [-0.4, -0.2) is 29.5 Å². The number of rotatable bonds is 4. The van der Waals surface area contributed by atoms with Gasteiger partial charge in [0.15, 0.2) is 6.61 Å². The second kappa shape index (κ2) is 7.49. The Morgan fingerprint density at radius 2 is 1.95 bits per heavy atom. The van der Waals surface area contributed by atoms with Crippen LogP contribution in [0, 0.1) is 0 Å². The fraction of sp³-hybridized carbons (Fsp3) is 0.611. The number of halogens is 1. The van der Waals surface area contributed by atoms with E-state index in [1.807, 2.05) is 11.0 Å². The minimum absolute atomic E-state index is 0.0829. The SMILES string of the molecule is CC(C)c1ccc(OCC(=O)N2[C@H](C)CCC[C@@H]2C)c(Br)c1. The average Bonchev–Trinajstić information content (AvgIpc) is 2.45. The van der Waals surface area contributed by atoms with Crippen molar-refractivity contribution in [2.75, 3.05) is 6.61 Å². The molecule has 1 amide bonds. The predicted octanol–water partition coefficient (Wildman–Crippen LogP) is 4.74. The van der Waals surface area contributed by atoms with Crippen LogP contribution in [0.4, 0.5) is 0 Å². The van der Waals surface area contributed by atoms with E-state index in [-0.39, 0.29) is 12.5 Å². The van der Waals surface area contributed by atoms with E-state index in [4.69, 9.17) is 4.74 Å². The number of hydrogen-bond acceptors (Lipinski definition) is 2. The molecule has 0 aromatic heterocycles. The minimum Gasteiger partial charge on any atom is -0.483 e. The van der Waals surface area contributed by atoms with Crippen molar-refractivity contribution >= 4 is 21.8 Å². The molecule has 22 heavy (non-hydrogen) atoms. The molecular weight excluding hydrogens is 342 g/mol. The topological polar surface area (TPSA) is 29.5 Å². The second-order valence-corrected chi connectivity index (χ2v) is 7.42. The average molecular weight is 368 g/mol. The first-order valence-corrected chi connectivity index (χ1v) is 8.93. The summed E-state index contributed by atoms with van der Waals surface area (Å²) in [5.74, 6) is 1.29. The van der Waals surface area contributed by atoms with Crippen LogP contribution < -0.4 is 4.74 Å². The predicted molar refractivity (Wildman–Crippen MR) is 93.3 cm³/mol. The van der Waals surface area contributed by atoms with Crippen molar-refractivity contribution in [3.05, 3.63) is 28.2 Å². The number of carbonyl (C=O) groups is 1. The molecule has 0 bridgehead atoms. The molecule has 0 spiro atoms. The van der Waals surface area contributed by atoms with Crippen LogP contribution in [0.3, 0.4) is 0 Å². The summed E-state index contributed by atoms with van der Waals surface area (Å²) in [7, 11) is 0. The summed E-state index contributed by atoms with van der Waals surface area (Å²) >= 11 is 3.54. The summed E-state index contributed by atoms with van der Waals surface area (Å²) < 4.78 is 6.65. The zero-order valence-electron chi connectivity index (χ0n) is 13.9. The van der Waals surface area contributed by atoms with Crippen molar-refractivity contribution in [1.29, 1.82) is 0 Å². The van der Waals surface area contributed by atoms with E-state index in [9.17, 15) is 4.79 Å². The van der Waals surface area contributed by atoms with Crippen molar-refractivity contribution in [1.82, 2.24) is 4.90 Å². The zero-order chi connectivity index (χ0) is 16.3. The molecule has 0 unspecified atom stereocenters. The van der Waals surface area contributed by atoms with Gasteiger partial charge in [-0.15, -0.1) is 0 Å². The van der Waals surface area contributed by atoms with Crippen LogP contribution in [0.5, 0.6) is 5.75 Å². The summed E-state index contributed by atoms with van der Waals surface area (Å²) in [4.78, 5) is 14.5. The van der Waals surface area contributed by atoms with Gasteiger partial charge in [0.05, 0.1) is 4.47 Å². The molecule has 1 fully saturated rings. The first-order chi connectivity index (χ1) is 10.4. The van der Waals surface area contributed by atoms with Gasteiger partial charge >= 0.3 is 0 Å². The summed E-state index contributed by atoms with van der Waals surface area (Å²) in [5, 5.41) is 0. The van der Waals surface area contributed by atoms with Gasteiger partial charge in [-0.3, -0.25) is 4.79 Å². The van der Waals surface area contributed by atoms with Crippen molar-refractivity contribution in [3.63, 3.8) is 0 Å². The molecule has 1 aromatic carbocycles. The molecule has 3 nitrogen and oxygen atoms in total. The standard InChI is InChI=1S/C18H26BrNO2/c1-12(2)15-8-9-17(16(19)10-15)22-11-18(21)20-13(3)6-5-7-14(20)4/h8-10,12-14H,5-7,11H2,1-4H3/t13-,14+. The number of likely N-dealkylation sites (tertiary alicyclic amines) is 1. The van der Waals surface area contributed by atoms with Gasteiger partial charge in [0.1, 0.15) is 5.75 Å². The van der Waals surface area contributed by atoms with Gasteiger partial charge in [-0.2, -0.15) is 0 Å². The molecule has 0 aliphatic carbocycles. The number of nitrogens with zero attached hydrogens (tertiary/aromatic N) is 1. The number of piperidine rings is 1. The van der Waals surface area contributed by atoms with Crippen LogP contribution in [-0.2, 0) is 4.79 Å². The lowest BCUT2D eigenvalue weighted by atomic mass is 9.97. The highest BCUT2D eigenvalue weighted by Crippen LogP contribution is 2.29. The Morgan fingerprint density at radius 3 is 2.50 bits per heavy atom. The van der Waals surface area contributed by atoms with Crippen molar-refractivity contribution < 1.29 is 9.53 Å². The lowest BCUT2D eigenvalue weighted by Gasteiger charge is -2.39. The van der Waals surface area contributed by atoms with E-state index in [0.717, 1.165) is 23.1 Å². The van der Waals surface area contributed by atoms with Crippen LogP contribution in [0.2, 0.25) is 0 Å². The molecule has 2 atom stereocenters. The van der Waals surface area contributed by atoms with Gasteiger partial charge in [-0.1, -0.05) is 19.9 Å². The molecular formula is C18H26BrNO2. The third kappa shape index (κ3) is 4.03. The van der Waals surface area contributed by atoms with Gasteiger partial charge in [0.25, 0.3) is 5.91 Å². The third-order valence-corrected chi connectivity index (χ3v) is 5.07. The monoisotopic (exact) mass is 367 g/mol. The third-order valence-electron chi connectivity index (χ3n) is 4.46. The number of ether oxygens (including phenoxy) is 1. The van der Waals surface area contributed by atoms with Crippen LogP contribution in [0.25, 0.3) is 0 Å². The fourth-order valence-corrected chi connectivity index (χ4v) is 3.63. The Hall–Kier alpha value is -1.03. The molecule has 0 radical (unpaired) electrons. The number of carbonyl (C=O) groups excluding carboxylic acids is 1. The van der Waals surface area contributed by atoms with Gasteiger partial charge in [0.2, 0.25) is 0 Å². The highest BCUT2D eigenvalue weighted by molar-refractivity contribution is 9.10. The zero-order valence-corrected chi connectivity index (χ0v) is 15.5. The van der Waals surface area contributed by atoms with Gasteiger partial charge in [-0.25, -0.2) is 0 Å². The van der Waals surface area contributed by atoms with E-state index >= 15 is 0 Å². The molecule has 0 saturated carbocycles. The molecule has 1 aliphatic rings. The smallest absolute Gasteiger partial charge is 0.260 e. The maximum Gasteiger partial charge on any atom is 0.260 e. The summed E-state index contributed by atoms with van der Waals surface area (Å²) in [6.07, 6.45) is 3.38. The van der Waals surface area contributed by atoms with Gasteiger partial charge in [0, 0.05) is 12.1 Å². The lowest BCUT2D eigenvalue weighted by Crippen LogP contribution is -2.49. The molecule has 122 valence electrons. The van der Waals surface area contributed by atoms with E-state index in [1.54, 1.807) is 0 Å². The summed E-state index contributed by atoms with van der Waals surface area (Å²) in [5.41, 5.74) is 1.25. The highest BCUT2D eigenvalue weighted by Gasteiger charge is 2.29. The molecule has 0 N–H and O–H groups in total. The minimum atomic E-state index is 0.0829. The highest BCUT2D eigenvalue weighted by atomic mass is 79.9. The molecule has 1 aliphatic heterocycles. The maximum atomic E-state index is 12.5. The normalized spacial score (nSPS) is 22.0. The van der Waals surface area contributed by atoms with Gasteiger partial charge in [-0.05, 0) is 72.7 Å². The van der Waals surface area contributed by atoms with E-state index in [1.165, 1.54) is 12.0 Å². The Morgan fingerprint density at radius 1 is 1.32 bits per heavy atom. The van der Waals surface area contributed by atoms with E-state index in [2.05, 4.69) is 55.8 Å². The second-order valence-electron chi connectivity index (χ2n) is 6.56. The fourth-order valence-electron chi connectivity index (χ4n) is 3.12. The molecule has 1 saturated heterocycles. The molecule has 1 heterocycles. The van der Waals surface area contributed by atoms with Crippen LogP contribution >= 0.6 is 15.9 Å². The first kappa shape index (κ1) is 17.3. The largest absolute Gasteiger partial charge is 0.483 e.